The van der Waals surface area contributed by atoms with Gasteiger partial charge in [-0.05, 0) is 34.0 Å². The third-order valence-corrected chi connectivity index (χ3v) is 3.87. The highest BCUT2D eigenvalue weighted by molar-refractivity contribution is 7.17. The van der Waals surface area contributed by atoms with Crippen molar-refractivity contribution in [2.45, 2.75) is 13.3 Å². The molecule has 1 amide bonds. The molecule has 1 rings (SSSR count). The maximum Gasteiger partial charge on any atom is 0.266 e. The van der Waals surface area contributed by atoms with Crippen LogP contribution in [0.2, 0.25) is 0 Å². The lowest BCUT2D eigenvalue weighted by molar-refractivity contribution is 0.0693. The van der Waals surface area contributed by atoms with E-state index in [9.17, 15) is 4.79 Å². The van der Waals surface area contributed by atoms with Crippen LogP contribution < -0.4 is 5.73 Å². The molecule has 114 valence electrons. The Morgan fingerprint density at radius 1 is 1.35 bits per heavy atom. The van der Waals surface area contributed by atoms with E-state index in [0.717, 1.165) is 13.0 Å². The second kappa shape index (κ2) is 8.18. The zero-order chi connectivity index (χ0) is 15.1. The molecule has 0 aliphatic carbocycles. The Morgan fingerprint density at radius 2 is 2.05 bits per heavy atom. The molecule has 1 aromatic rings. The standard InChI is InChI=1S/C13H24N4O2S/c1-10-11(20-13(14)15-10)12(18)17(8-9-19-4)7-5-6-16(2)3/h5-9H2,1-4H3,(H2,14,15). The maximum atomic E-state index is 12.5. The Hall–Kier alpha value is -1.18. The van der Waals surface area contributed by atoms with Gasteiger partial charge in [0.15, 0.2) is 5.13 Å². The summed E-state index contributed by atoms with van der Waals surface area (Å²) in [6.07, 6.45) is 0.926. The SMILES string of the molecule is COCCN(CCCN(C)C)C(=O)c1sc(N)nc1C. The van der Waals surface area contributed by atoms with Crippen LogP contribution in [0.1, 0.15) is 21.8 Å². The molecule has 0 saturated carbocycles. The summed E-state index contributed by atoms with van der Waals surface area (Å²) >= 11 is 1.25. The van der Waals surface area contributed by atoms with Crippen LogP contribution in [0.3, 0.4) is 0 Å². The summed E-state index contributed by atoms with van der Waals surface area (Å²) in [6.45, 7) is 4.58. The number of methoxy groups -OCH3 is 1. The van der Waals surface area contributed by atoms with Crippen molar-refractivity contribution in [1.82, 2.24) is 14.8 Å². The van der Waals surface area contributed by atoms with Crippen molar-refractivity contribution in [1.29, 1.82) is 0 Å². The van der Waals surface area contributed by atoms with Crippen molar-refractivity contribution in [2.24, 2.45) is 0 Å². The van der Waals surface area contributed by atoms with Crippen LogP contribution in [0.15, 0.2) is 0 Å². The molecular weight excluding hydrogens is 276 g/mol. The number of hydrogen-bond donors (Lipinski definition) is 1. The highest BCUT2D eigenvalue weighted by Gasteiger charge is 2.20. The summed E-state index contributed by atoms with van der Waals surface area (Å²) in [5, 5.41) is 0.436. The Kier molecular flexibility index (Phi) is 6.90. The van der Waals surface area contributed by atoms with Crippen LogP contribution in [0.25, 0.3) is 0 Å². The molecule has 0 saturated heterocycles. The molecule has 0 aliphatic heterocycles. The zero-order valence-corrected chi connectivity index (χ0v) is 13.5. The molecule has 1 aromatic heterocycles. The van der Waals surface area contributed by atoms with Crippen LogP contribution in [-0.4, -0.2) is 68.1 Å². The molecule has 0 fully saturated rings. The summed E-state index contributed by atoms with van der Waals surface area (Å²) in [7, 11) is 5.68. The largest absolute Gasteiger partial charge is 0.383 e. The fourth-order valence-electron chi connectivity index (χ4n) is 1.85. The molecule has 6 nitrogen and oxygen atoms in total. The number of amides is 1. The second-order valence-corrected chi connectivity index (χ2v) is 5.94. The number of anilines is 1. The lowest BCUT2D eigenvalue weighted by atomic mass is 10.3. The first-order chi connectivity index (χ1) is 9.45. The molecule has 7 heteroatoms. The normalized spacial score (nSPS) is 11.1. The van der Waals surface area contributed by atoms with Gasteiger partial charge in [0.1, 0.15) is 4.88 Å². The van der Waals surface area contributed by atoms with Gasteiger partial charge in [-0.15, -0.1) is 0 Å². The Balaban J connectivity index is 2.70. The number of nitrogen functional groups attached to an aromatic ring is 1. The van der Waals surface area contributed by atoms with Gasteiger partial charge < -0.3 is 20.3 Å². The number of thiazole rings is 1. The van der Waals surface area contributed by atoms with Crippen LogP contribution in [0, 0.1) is 6.92 Å². The smallest absolute Gasteiger partial charge is 0.266 e. The molecule has 0 spiro atoms. The highest BCUT2D eigenvalue weighted by atomic mass is 32.1. The van der Waals surface area contributed by atoms with Crippen LogP contribution in [0.4, 0.5) is 5.13 Å². The number of nitrogens with two attached hydrogens (primary N) is 1. The summed E-state index contributed by atoms with van der Waals surface area (Å²) in [5.41, 5.74) is 6.36. The number of hydrogen-bond acceptors (Lipinski definition) is 6. The van der Waals surface area contributed by atoms with Crippen LogP contribution in [-0.2, 0) is 4.74 Å². The number of rotatable bonds is 8. The topological polar surface area (TPSA) is 71.7 Å². The van der Waals surface area contributed by atoms with E-state index >= 15 is 0 Å². The minimum Gasteiger partial charge on any atom is -0.383 e. The Bertz CT molecular complexity index is 434. The van der Waals surface area contributed by atoms with Gasteiger partial charge in [0.25, 0.3) is 5.91 Å². The molecule has 0 unspecified atom stereocenters. The van der Waals surface area contributed by atoms with Crippen molar-refractivity contribution in [3.63, 3.8) is 0 Å². The van der Waals surface area contributed by atoms with Crippen molar-refractivity contribution in [3.05, 3.63) is 10.6 Å². The van der Waals surface area contributed by atoms with E-state index in [4.69, 9.17) is 10.5 Å². The van der Waals surface area contributed by atoms with Gasteiger partial charge >= 0.3 is 0 Å². The predicted molar refractivity (Wildman–Crippen MR) is 82.2 cm³/mol. The molecule has 0 atom stereocenters. The first-order valence-corrected chi connectivity index (χ1v) is 7.43. The van der Waals surface area contributed by atoms with Gasteiger partial charge in [-0.3, -0.25) is 4.79 Å². The summed E-state index contributed by atoms with van der Waals surface area (Å²) in [5.74, 6) is -0.00694. The lowest BCUT2D eigenvalue weighted by Gasteiger charge is -2.22. The molecule has 0 bridgehead atoms. The molecule has 0 aliphatic rings. The molecule has 0 aromatic carbocycles. The fourth-order valence-corrected chi connectivity index (χ4v) is 2.65. The van der Waals surface area contributed by atoms with Crippen LogP contribution in [0.5, 0.6) is 0 Å². The van der Waals surface area contributed by atoms with E-state index in [-0.39, 0.29) is 5.91 Å². The molecular formula is C13H24N4O2S. The number of aromatic nitrogens is 1. The van der Waals surface area contributed by atoms with Crippen LogP contribution >= 0.6 is 11.3 Å². The first-order valence-electron chi connectivity index (χ1n) is 6.61. The van der Waals surface area contributed by atoms with Crippen molar-refractivity contribution in [2.75, 3.05) is 53.2 Å². The van der Waals surface area contributed by atoms with E-state index in [1.807, 2.05) is 25.9 Å². The number of ether oxygens (including phenoxy) is 1. The van der Waals surface area contributed by atoms with Gasteiger partial charge in [0.2, 0.25) is 0 Å². The van der Waals surface area contributed by atoms with Crippen molar-refractivity contribution < 1.29 is 9.53 Å². The number of nitrogens with zero attached hydrogens (tertiary/aromatic N) is 3. The van der Waals surface area contributed by atoms with Gasteiger partial charge in [-0.2, -0.15) is 0 Å². The Morgan fingerprint density at radius 3 is 2.55 bits per heavy atom. The highest BCUT2D eigenvalue weighted by Crippen LogP contribution is 2.21. The first kappa shape index (κ1) is 16.9. The van der Waals surface area contributed by atoms with E-state index in [1.54, 1.807) is 7.11 Å². The summed E-state index contributed by atoms with van der Waals surface area (Å²) < 4.78 is 5.08. The quantitative estimate of drug-likeness (QED) is 0.777. The fraction of sp³-hybridized carbons (Fsp3) is 0.692. The van der Waals surface area contributed by atoms with E-state index < -0.39 is 0 Å². The van der Waals surface area contributed by atoms with E-state index in [0.29, 0.717) is 35.4 Å². The van der Waals surface area contributed by atoms with Gasteiger partial charge in [0.05, 0.1) is 12.3 Å². The lowest BCUT2D eigenvalue weighted by Crippen LogP contribution is -2.35. The number of carbonyl (C=O) groups excluding carboxylic acids is 1. The monoisotopic (exact) mass is 300 g/mol. The zero-order valence-electron chi connectivity index (χ0n) is 12.7. The molecule has 2 N–H and O–H groups in total. The average molecular weight is 300 g/mol. The summed E-state index contributed by atoms with van der Waals surface area (Å²) in [6, 6.07) is 0. The third kappa shape index (κ3) is 5.07. The number of aryl methyl sites for hydroxylation is 1. The van der Waals surface area contributed by atoms with Crippen molar-refractivity contribution in [3.8, 4) is 0 Å². The molecule has 1 heterocycles. The van der Waals surface area contributed by atoms with Gasteiger partial charge in [-0.25, -0.2) is 4.98 Å². The predicted octanol–water partition coefficient (Wildman–Crippen LogP) is 1.07. The average Bonchev–Trinajstić information content (AvgIpc) is 2.71. The van der Waals surface area contributed by atoms with E-state index in [1.165, 1.54) is 11.3 Å². The second-order valence-electron chi connectivity index (χ2n) is 4.91. The summed E-state index contributed by atoms with van der Waals surface area (Å²) in [4.78, 5) is 21.2. The van der Waals surface area contributed by atoms with Gasteiger partial charge in [-0.1, -0.05) is 11.3 Å². The maximum absolute atomic E-state index is 12.5. The molecule has 0 radical (unpaired) electrons. The van der Waals surface area contributed by atoms with Gasteiger partial charge in [0, 0.05) is 20.2 Å². The Labute approximate surface area is 124 Å². The minimum absolute atomic E-state index is 0.00694. The third-order valence-electron chi connectivity index (χ3n) is 2.89. The van der Waals surface area contributed by atoms with Crippen molar-refractivity contribution >= 4 is 22.4 Å². The number of carbonyl (C=O) groups is 1. The van der Waals surface area contributed by atoms with E-state index in [2.05, 4.69) is 9.88 Å². The molecule has 20 heavy (non-hydrogen) atoms. The minimum atomic E-state index is -0.00694.